The number of nitrogens with zero attached hydrogens (tertiary/aromatic N) is 4. The number of aryl methyl sites for hydroxylation is 1. The molecule has 10 heteroatoms. The highest BCUT2D eigenvalue weighted by Crippen LogP contribution is 2.15. The van der Waals surface area contributed by atoms with E-state index in [1.54, 1.807) is 24.5 Å². The minimum absolute atomic E-state index is 0.0666. The summed E-state index contributed by atoms with van der Waals surface area (Å²) in [5.41, 5.74) is 8.47. The van der Waals surface area contributed by atoms with Crippen LogP contribution in [0.5, 0.6) is 0 Å². The molecule has 0 radical (unpaired) electrons. The van der Waals surface area contributed by atoms with Gasteiger partial charge >= 0.3 is 0 Å². The molecule has 4 rings (SSSR count). The largest absolute Gasteiger partial charge is 0.369 e. The lowest BCUT2D eigenvalue weighted by Gasteiger charge is -1.96. The third kappa shape index (κ3) is 4.63. The first-order valence-corrected chi connectivity index (χ1v) is 9.21. The van der Waals surface area contributed by atoms with Crippen LogP contribution in [0, 0.1) is 6.92 Å². The van der Waals surface area contributed by atoms with E-state index >= 15 is 0 Å². The van der Waals surface area contributed by atoms with E-state index in [0.29, 0.717) is 23.1 Å². The zero-order valence-corrected chi connectivity index (χ0v) is 15.1. The van der Waals surface area contributed by atoms with Gasteiger partial charge in [0.2, 0.25) is 0 Å². The summed E-state index contributed by atoms with van der Waals surface area (Å²) in [5, 5.41) is 0. The fourth-order valence-electron chi connectivity index (χ4n) is 2.15. The van der Waals surface area contributed by atoms with Crippen LogP contribution in [0.25, 0.3) is 22.7 Å². The van der Waals surface area contributed by atoms with E-state index < -0.39 is 10.1 Å². The summed E-state index contributed by atoms with van der Waals surface area (Å²) in [6.45, 7) is 1.84. The number of rotatable bonds is 2. The van der Waals surface area contributed by atoms with Crippen LogP contribution in [0.3, 0.4) is 0 Å². The first-order chi connectivity index (χ1) is 12.8. The Bertz CT molecular complexity index is 1160. The number of anilines is 1. The van der Waals surface area contributed by atoms with Crippen molar-refractivity contribution in [3.8, 4) is 11.5 Å². The summed E-state index contributed by atoms with van der Waals surface area (Å²) in [6.07, 6.45) is 3.34. The molecule has 0 aliphatic heterocycles. The zero-order chi connectivity index (χ0) is 19.4. The molecule has 4 aromatic rings. The zero-order valence-electron chi connectivity index (χ0n) is 14.2. The first kappa shape index (κ1) is 18.4. The average Bonchev–Trinajstić information content (AvgIpc) is 3.02. The van der Waals surface area contributed by atoms with Crippen molar-refractivity contribution in [1.82, 2.24) is 24.9 Å². The van der Waals surface area contributed by atoms with Gasteiger partial charge in [-0.3, -0.25) is 9.54 Å². The Balaban J connectivity index is 0.000000168. The minimum Gasteiger partial charge on any atom is -0.369 e. The van der Waals surface area contributed by atoms with Crippen LogP contribution < -0.4 is 5.73 Å². The third-order valence-electron chi connectivity index (χ3n) is 3.47. The normalized spacial score (nSPS) is 11.0. The van der Waals surface area contributed by atoms with Gasteiger partial charge in [0, 0.05) is 6.20 Å². The smallest absolute Gasteiger partial charge is 0.294 e. The van der Waals surface area contributed by atoms with Crippen LogP contribution in [-0.2, 0) is 10.1 Å². The monoisotopic (exact) mass is 384 g/mol. The number of aromatic amines is 1. The predicted molar refractivity (Wildman–Crippen MR) is 100 cm³/mol. The number of hydrogen-bond acceptors (Lipinski definition) is 7. The van der Waals surface area contributed by atoms with Crippen molar-refractivity contribution < 1.29 is 13.0 Å². The molecule has 0 atom stereocenters. The van der Waals surface area contributed by atoms with Crippen LogP contribution in [-0.4, -0.2) is 37.9 Å². The van der Waals surface area contributed by atoms with Gasteiger partial charge in [0.15, 0.2) is 17.4 Å². The van der Waals surface area contributed by atoms with Gasteiger partial charge in [-0.05, 0) is 31.2 Å². The Kier molecular flexibility index (Phi) is 5.10. The number of pyridine rings is 1. The number of nitrogen functional groups attached to an aromatic ring is 1. The molecule has 3 aromatic heterocycles. The van der Waals surface area contributed by atoms with Crippen LogP contribution in [0.15, 0.2) is 59.8 Å². The molecule has 138 valence electrons. The molecule has 0 bridgehead atoms. The lowest BCUT2D eigenvalue weighted by Crippen LogP contribution is -1.96. The van der Waals surface area contributed by atoms with Gasteiger partial charge in [-0.15, -0.1) is 0 Å². The SMILES string of the molecule is Cc1ccc(S(=O)(=O)O)cc1.Nc1nc2nc(-c3ccccn3)ncc2[nH]1. The van der Waals surface area contributed by atoms with Gasteiger partial charge in [-0.1, -0.05) is 23.8 Å². The fraction of sp³-hybridized carbons (Fsp3) is 0.0588. The highest BCUT2D eigenvalue weighted by atomic mass is 32.2. The standard InChI is InChI=1S/C10H8N6.C7H8O3S/c11-10-14-7-5-13-8(15-9(7)16-10)6-3-1-2-4-12-6;1-6-2-4-7(5-3-6)11(8,9)10/h1-5H,(H3,11,13,14,15,16);2-5H,1H3,(H,8,9,10). The summed E-state index contributed by atoms with van der Waals surface area (Å²) in [5.74, 6) is 0.877. The van der Waals surface area contributed by atoms with Crippen molar-refractivity contribution in [2.24, 2.45) is 0 Å². The molecule has 4 N–H and O–H groups in total. The summed E-state index contributed by atoms with van der Waals surface area (Å²) in [6, 6.07) is 11.6. The van der Waals surface area contributed by atoms with Gasteiger partial charge in [0.25, 0.3) is 10.1 Å². The van der Waals surface area contributed by atoms with E-state index in [0.717, 1.165) is 11.1 Å². The van der Waals surface area contributed by atoms with Gasteiger partial charge in [-0.2, -0.15) is 13.4 Å². The van der Waals surface area contributed by atoms with Crippen LogP contribution in [0.4, 0.5) is 5.95 Å². The summed E-state index contributed by atoms with van der Waals surface area (Å²) >= 11 is 0. The lowest BCUT2D eigenvalue weighted by atomic mass is 10.2. The summed E-state index contributed by atoms with van der Waals surface area (Å²) in [7, 11) is -4.02. The van der Waals surface area contributed by atoms with Crippen molar-refractivity contribution in [3.05, 3.63) is 60.4 Å². The summed E-state index contributed by atoms with van der Waals surface area (Å²) < 4.78 is 29.6. The van der Waals surface area contributed by atoms with Gasteiger partial charge in [0.05, 0.1) is 11.1 Å². The molecule has 0 saturated heterocycles. The Morgan fingerprint density at radius 2 is 1.78 bits per heavy atom. The summed E-state index contributed by atoms with van der Waals surface area (Å²) in [4.78, 5) is 19.5. The number of aromatic nitrogens is 5. The van der Waals surface area contributed by atoms with Crippen LogP contribution in [0.1, 0.15) is 5.56 Å². The van der Waals surface area contributed by atoms with E-state index in [1.807, 2.05) is 25.1 Å². The highest BCUT2D eigenvalue weighted by Gasteiger charge is 2.07. The maximum atomic E-state index is 10.5. The van der Waals surface area contributed by atoms with Crippen molar-refractivity contribution in [2.75, 3.05) is 5.73 Å². The fourth-order valence-corrected chi connectivity index (χ4v) is 2.63. The molecule has 0 fully saturated rings. The highest BCUT2D eigenvalue weighted by molar-refractivity contribution is 7.85. The molecular weight excluding hydrogens is 368 g/mol. The second kappa shape index (κ2) is 7.48. The second-order valence-corrected chi connectivity index (χ2v) is 6.98. The van der Waals surface area contributed by atoms with E-state index in [9.17, 15) is 8.42 Å². The number of nitrogens with one attached hydrogen (secondary N) is 1. The molecule has 0 aliphatic rings. The molecular formula is C17H16N6O3S. The molecule has 0 amide bonds. The number of imidazole rings is 1. The van der Waals surface area contributed by atoms with Crippen molar-refractivity contribution in [2.45, 2.75) is 11.8 Å². The molecule has 0 unspecified atom stereocenters. The van der Waals surface area contributed by atoms with Crippen molar-refractivity contribution in [3.63, 3.8) is 0 Å². The Morgan fingerprint density at radius 3 is 2.41 bits per heavy atom. The van der Waals surface area contributed by atoms with E-state index in [2.05, 4.69) is 24.9 Å². The maximum absolute atomic E-state index is 10.5. The molecule has 3 heterocycles. The molecule has 1 aromatic carbocycles. The average molecular weight is 384 g/mol. The predicted octanol–water partition coefficient (Wildman–Crippen LogP) is 2.24. The number of hydrogen-bond donors (Lipinski definition) is 3. The Morgan fingerprint density at radius 1 is 1.04 bits per heavy atom. The molecule has 27 heavy (non-hydrogen) atoms. The molecule has 0 saturated carbocycles. The van der Waals surface area contributed by atoms with E-state index in [-0.39, 0.29) is 4.90 Å². The van der Waals surface area contributed by atoms with Crippen LogP contribution >= 0.6 is 0 Å². The van der Waals surface area contributed by atoms with Crippen LogP contribution in [0.2, 0.25) is 0 Å². The van der Waals surface area contributed by atoms with Gasteiger partial charge in [0.1, 0.15) is 11.2 Å². The lowest BCUT2D eigenvalue weighted by molar-refractivity contribution is 0.483. The van der Waals surface area contributed by atoms with Crippen molar-refractivity contribution >= 4 is 27.2 Å². The topological polar surface area (TPSA) is 148 Å². The van der Waals surface area contributed by atoms with E-state index in [4.69, 9.17) is 10.3 Å². The van der Waals surface area contributed by atoms with E-state index in [1.165, 1.54) is 12.1 Å². The maximum Gasteiger partial charge on any atom is 0.294 e. The van der Waals surface area contributed by atoms with Gasteiger partial charge < -0.3 is 10.7 Å². The quantitative estimate of drug-likeness (QED) is 0.446. The Labute approximate surface area is 155 Å². The molecule has 0 aliphatic carbocycles. The second-order valence-electron chi connectivity index (χ2n) is 5.56. The third-order valence-corrected chi connectivity index (χ3v) is 4.34. The Hall–Kier alpha value is -3.37. The van der Waals surface area contributed by atoms with Crippen molar-refractivity contribution in [1.29, 1.82) is 0 Å². The number of nitrogens with two attached hydrogens (primary N) is 1. The number of fused-ring (bicyclic) bond motifs is 1. The first-order valence-electron chi connectivity index (χ1n) is 7.77. The molecule has 0 spiro atoms. The molecule has 9 nitrogen and oxygen atoms in total. The number of benzene rings is 1. The minimum atomic E-state index is -4.02. The van der Waals surface area contributed by atoms with Gasteiger partial charge in [-0.25, -0.2) is 9.97 Å². The number of H-pyrrole nitrogens is 1.